The number of aromatic nitrogens is 1. The molecule has 0 saturated carbocycles. The number of Topliss-reactive ketones (excluding diaryl/α,β-unsaturated/α-hetero) is 1. The summed E-state index contributed by atoms with van der Waals surface area (Å²) in [5.74, 6) is -1.91. The summed E-state index contributed by atoms with van der Waals surface area (Å²) < 4.78 is 21.0. The number of benzene rings is 3. The first-order valence-electron chi connectivity index (χ1n) is 11.8. The number of carbonyl (C=O) groups is 2. The molecule has 5 rings (SSSR count). The van der Waals surface area contributed by atoms with Crippen LogP contribution in [0, 0.1) is 5.82 Å². The van der Waals surface area contributed by atoms with Gasteiger partial charge in [-0.1, -0.05) is 41.9 Å². The van der Waals surface area contributed by atoms with Crippen LogP contribution in [0.1, 0.15) is 29.7 Å². The maximum atomic E-state index is 13.5. The molecule has 2 heterocycles. The highest BCUT2D eigenvalue weighted by molar-refractivity contribution is 6.46. The van der Waals surface area contributed by atoms with E-state index in [2.05, 4.69) is 0 Å². The fraction of sp³-hybridized carbons (Fsp3) is 0.172. The zero-order chi connectivity index (χ0) is 26.3. The largest absolute Gasteiger partial charge is 0.507 e. The van der Waals surface area contributed by atoms with Crippen molar-refractivity contribution in [2.45, 2.75) is 19.5 Å². The van der Waals surface area contributed by atoms with E-state index < -0.39 is 23.5 Å². The van der Waals surface area contributed by atoms with Crippen LogP contribution in [-0.4, -0.2) is 32.9 Å². The van der Waals surface area contributed by atoms with Crippen LogP contribution in [0.5, 0.6) is 5.75 Å². The molecule has 0 aliphatic carbocycles. The van der Waals surface area contributed by atoms with Gasteiger partial charge in [0.15, 0.2) is 0 Å². The topological polar surface area (TPSA) is 71.8 Å². The Labute approximate surface area is 218 Å². The van der Waals surface area contributed by atoms with Crippen molar-refractivity contribution in [1.29, 1.82) is 0 Å². The molecule has 8 heteroatoms. The number of halogens is 2. The number of hydrogen-bond donors (Lipinski definition) is 1. The average molecular weight is 519 g/mol. The second-order valence-electron chi connectivity index (χ2n) is 8.84. The maximum absolute atomic E-state index is 13.5. The lowest BCUT2D eigenvalue weighted by atomic mass is 9.94. The van der Waals surface area contributed by atoms with Crippen LogP contribution < -0.4 is 4.74 Å². The molecule has 1 aromatic heterocycles. The second kappa shape index (κ2) is 9.75. The number of carbonyl (C=O) groups excluding carboxylic acids is 2. The van der Waals surface area contributed by atoms with E-state index in [1.165, 1.54) is 17.0 Å². The van der Waals surface area contributed by atoms with Crippen LogP contribution in [-0.2, 0) is 23.2 Å². The van der Waals surface area contributed by atoms with Crippen molar-refractivity contribution in [3.63, 3.8) is 0 Å². The van der Waals surface area contributed by atoms with Gasteiger partial charge in [0.1, 0.15) is 17.3 Å². The molecular formula is C29H24ClFN2O4. The smallest absolute Gasteiger partial charge is 0.295 e. The fourth-order valence-corrected chi connectivity index (χ4v) is 4.99. The van der Waals surface area contributed by atoms with Crippen molar-refractivity contribution in [3.8, 4) is 5.75 Å². The fourth-order valence-electron chi connectivity index (χ4n) is 4.82. The zero-order valence-electron chi connectivity index (χ0n) is 20.2. The average Bonchev–Trinajstić information content (AvgIpc) is 3.35. The first-order valence-corrected chi connectivity index (χ1v) is 12.2. The van der Waals surface area contributed by atoms with Crippen LogP contribution in [0.15, 0.2) is 78.5 Å². The van der Waals surface area contributed by atoms with E-state index >= 15 is 0 Å². The van der Waals surface area contributed by atoms with Crippen LogP contribution in [0.2, 0.25) is 5.02 Å². The molecule has 1 amide bonds. The van der Waals surface area contributed by atoms with Gasteiger partial charge in [0.05, 0.1) is 23.2 Å². The lowest BCUT2D eigenvalue weighted by Crippen LogP contribution is -2.29. The minimum atomic E-state index is -0.873. The Morgan fingerprint density at radius 3 is 2.54 bits per heavy atom. The Bertz CT molecular complexity index is 1560. The van der Waals surface area contributed by atoms with Gasteiger partial charge in [0, 0.05) is 41.8 Å². The lowest BCUT2D eigenvalue weighted by molar-refractivity contribution is -0.140. The van der Waals surface area contributed by atoms with Gasteiger partial charge < -0.3 is 19.3 Å². The molecule has 0 radical (unpaired) electrons. The molecule has 37 heavy (non-hydrogen) atoms. The molecule has 1 saturated heterocycles. The zero-order valence-corrected chi connectivity index (χ0v) is 21.0. The monoisotopic (exact) mass is 518 g/mol. The highest BCUT2D eigenvalue weighted by Gasteiger charge is 2.47. The predicted octanol–water partition coefficient (Wildman–Crippen LogP) is 5.99. The van der Waals surface area contributed by atoms with Crippen molar-refractivity contribution in [1.82, 2.24) is 9.47 Å². The van der Waals surface area contributed by atoms with Crippen molar-refractivity contribution in [2.75, 3.05) is 6.61 Å². The Hall–Kier alpha value is -4.10. The molecule has 1 aliphatic heterocycles. The van der Waals surface area contributed by atoms with Gasteiger partial charge in [-0.25, -0.2) is 4.39 Å². The molecule has 4 aromatic rings. The van der Waals surface area contributed by atoms with Gasteiger partial charge in [-0.3, -0.25) is 9.59 Å². The summed E-state index contributed by atoms with van der Waals surface area (Å²) in [7, 11) is 1.88. The van der Waals surface area contributed by atoms with Crippen molar-refractivity contribution in [2.24, 2.45) is 7.05 Å². The van der Waals surface area contributed by atoms with E-state index in [1.54, 1.807) is 30.3 Å². The highest BCUT2D eigenvalue weighted by Crippen LogP contribution is 2.43. The van der Waals surface area contributed by atoms with Crippen molar-refractivity contribution >= 4 is 40.0 Å². The second-order valence-corrected chi connectivity index (χ2v) is 9.25. The number of hydrogen-bond acceptors (Lipinski definition) is 4. The van der Waals surface area contributed by atoms with Gasteiger partial charge in [-0.05, 0) is 48.9 Å². The number of aryl methyl sites for hydroxylation is 1. The summed E-state index contributed by atoms with van der Waals surface area (Å²) in [6.07, 6.45) is 1.86. The third kappa shape index (κ3) is 4.36. The van der Waals surface area contributed by atoms with Crippen molar-refractivity contribution in [3.05, 3.63) is 106 Å². The van der Waals surface area contributed by atoms with Gasteiger partial charge in [0.2, 0.25) is 0 Å². The Balaban J connectivity index is 1.71. The molecule has 1 unspecified atom stereocenters. The van der Waals surface area contributed by atoms with E-state index in [9.17, 15) is 19.1 Å². The first-order chi connectivity index (χ1) is 17.8. The van der Waals surface area contributed by atoms with E-state index in [-0.39, 0.29) is 17.9 Å². The van der Waals surface area contributed by atoms with Crippen LogP contribution >= 0.6 is 11.6 Å². The summed E-state index contributed by atoms with van der Waals surface area (Å²) in [4.78, 5) is 28.2. The first kappa shape index (κ1) is 24.6. The quantitative estimate of drug-likeness (QED) is 0.193. The lowest BCUT2D eigenvalue weighted by Gasteiger charge is -2.25. The molecule has 1 aliphatic rings. The van der Waals surface area contributed by atoms with Crippen LogP contribution in [0.25, 0.3) is 16.7 Å². The van der Waals surface area contributed by atoms with E-state index in [1.807, 2.05) is 49.0 Å². The molecule has 0 spiro atoms. The van der Waals surface area contributed by atoms with E-state index in [4.69, 9.17) is 16.3 Å². The van der Waals surface area contributed by atoms with Gasteiger partial charge in [-0.2, -0.15) is 0 Å². The van der Waals surface area contributed by atoms with Gasteiger partial charge in [-0.15, -0.1) is 0 Å². The van der Waals surface area contributed by atoms with Gasteiger partial charge in [0.25, 0.3) is 11.7 Å². The minimum absolute atomic E-state index is 0.0340. The highest BCUT2D eigenvalue weighted by atomic mass is 35.5. The Morgan fingerprint density at radius 2 is 1.81 bits per heavy atom. The number of ether oxygens (including phenoxy) is 1. The number of ketones is 1. The predicted molar refractivity (Wildman–Crippen MR) is 140 cm³/mol. The minimum Gasteiger partial charge on any atom is -0.507 e. The van der Waals surface area contributed by atoms with E-state index in [0.717, 1.165) is 10.9 Å². The number of rotatable bonds is 6. The van der Waals surface area contributed by atoms with Crippen molar-refractivity contribution < 1.29 is 23.8 Å². The van der Waals surface area contributed by atoms with E-state index in [0.29, 0.717) is 34.1 Å². The third-order valence-corrected chi connectivity index (χ3v) is 6.85. The molecule has 1 fully saturated rings. The summed E-state index contributed by atoms with van der Waals surface area (Å²) in [6.45, 7) is 2.23. The SMILES string of the molecule is CCOc1cc(/C(O)=C2\C(=O)C(=O)N(Cc3ccc(F)cc3)C2c2cn(C)c3ccccc23)ccc1Cl. The number of nitrogens with zero attached hydrogens (tertiary/aromatic N) is 2. The molecule has 6 nitrogen and oxygen atoms in total. The number of para-hydroxylation sites is 1. The van der Waals surface area contributed by atoms with Gasteiger partial charge >= 0.3 is 0 Å². The summed E-state index contributed by atoms with van der Waals surface area (Å²) >= 11 is 6.23. The van der Waals surface area contributed by atoms with Crippen LogP contribution in [0.4, 0.5) is 4.39 Å². The number of fused-ring (bicyclic) bond motifs is 1. The third-order valence-electron chi connectivity index (χ3n) is 6.53. The summed E-state index contributed by atoms with van der Waals surface area (Å²) in [5.41, 5.74) is 2.53. The molecule has 3 aromatic carbocycles. The molecule has 0 bridgehead atoms. The molecule has 1 atom stereocenters. The molecular weight excluding hydrogens is 495 g/mol. The molecule has 1 N–H and O–H groups in total. The maximum Gasteiger partial charge on any atom is 0.295 e. The van der Waals surface area contributed by atoms with Crippen LogP contribution in [0.3, 0.4) is 0 Å². The number of aliphatic hydroxyl groups is 1. The number of aliphatic hydroxyl groups excluding tert-OH is 1. The normalized spacial score (nSPS) is 17.1. The Kier molecular flexibility index (Phi) is 6.48. The summed E-state index contributed by atoms with van der Waals surface area (Å²) in [6, 6.07) is 17.2. The number of amides is 1. The summed E-state index contributed by atoms with van der Waals surface area (Å²) in [5, 5.41) is 12.7. The molecule has 188 valence electrons. The Morgan fingerprint density at radius 1 is 1.08 bits per heavy atom. The number of likely N-dealkylation sites (tertiary alicyclic amines) is 1. The standard InChI is InChI=1S/C29H24ClFN2O4/c1-3-37-24-14-18(10-13-22(24)30)27(34)25-26(21-16-32(2)23-7-5-4-6-20(21)23)33(29(36)28(25)35)15-17-8-11-19(31)12-9-17/h4-14,16,26,34H,3,15H2,1-2H3/b27-25+.